The molecule has 1 aromatic heterocycles. The molecule has 1 N–H and O–H groups in total. The van der Waals surface area contributed by atoms with E-state index in [9.17, 15) is 0 Å². The number of hydrogen-bond acceptors (Lipinski definition) is 3. The lowest BCUT2D eigenvalue weighted by molar-refractivity contribution is 0.348. The second-order valence-corrected chi connectivity index (χ2v) is 5.23. The van der Waals surface area contributed by atoms with Crippen molar-refractivity contribution in [2.45, 2.75) is 12.5 Å². The predicted molar refractivity (Wildman–Crippen MR) is 73.0 cm³/mol. The van der Waals surface area contributed by atoms with Crippen LogP contribution in [0.2, 0.25) is 0 Å². The van der Waals surface area contributed by atoms with Crippen molar-refractivity contribution in [2.75, 3.05) is 13.7 Å². The van der Waals surface area contributed by atoms with Crippen LogP contribution in [0.1, 0.15) is 22.9 Å². The number of furan rings is 1. The van der Waals surface area contributed by atoms with Gasteiger partial charge < -0.3 is 14.5 Å². The summed E-state index contributed by atoms with van der Waals surface area (Å²) in [4.78, 5) is 0. The molecule has 0 saturated carbocycles. The summed E-state index contributed by atoms with van der Waals surface area (Å²) in [5.74, 6) is 1.89. The van der Waals surface area contributed by atoms with Crippen molar-refractivity contribution in [3.8, 4) is 5.75 Å². The number of fused-ring (bicyclic) bond motifs is 1. The molecule has 1 aliphatic heterocycles. The second kappa shape index (κ2) is 4.78. The lowest BCUT2D eigenvalue weighted by atomic mass is 10.0. The van der Waals surface area contributed by atoms with E-state index in [1.54, 1.807) is 6.26 Å². The van der Waals surface area contributed by atoms with Crippen molar-refractivity contribution in [2.24, 2.45) is 0 Å². The topological polar surface area (TPSA) is 34.4 Å². The van der Waals surface area contributed by atoms with Gasteiger partial charge in [-0.15, -0.1) is 0 Å². The molecule has 0 bridgehead atoms. The first-order valence-corrected chi connectivity index (χ1v) is 6.74. The molecule has 1 atom stereocenters. The molecule has 3 rings (SSSR count). The molecule has 1 aromatic carbocycles. The van der Waals surface area contributed by atoms with E-state index in [1.165, 1.54) is 5.56 Å². The van der Waals surface area contributed by atoms with Crippen molar-refractivity contribution in [3.05, 3.63) is 51.9 Å². The maximum Gasteiger partial charge on any atom is 0.127 e. The Kier molecular flexibility index (Phi) is 3.14. The third kappa shape index (κ3) is 1.95. The van der Waals surface area contributed by atoms with Crippen LogP contribution in [-0.2, 0) is 6.42 Å². The van der Waals surface area contributed by atoms with Crippen LogP contribution < -0.4 is 10.1 Å². The van der Waals surface area contributed by atoms with E-state index in [-0.39, 0.29) is 6.04 Å². The van der Waals surface area contributed by atoms with E-state index in [2.05, 4.69) is 33.4 Å². The average Bonchev–Trinajstić information content (AvgIpc) is 2.99. The van der Waals surface area contributed by atoms with Crippen LogP contribution in [0.4, 0.5) is 0 Å². The molecule has 3 nitrogen and oxygen atoms in total. The molecule has 0 radical (unpaired) electrons. The minimum atomic E-state index is 0.0179. The normalized spacial score (nSPS) is 15.2. The predicted octanol–water partition coefficient (Wildman–Crippen LogP) is 3.29. The van der Waals surface area contributed by atoms with Crippen LogP contribution in [0.25, 0.3) is 0 Å². The fourth-order valence-corrected chi connectivity index (χ4v) is 2.94. The number of ether oxygens (including phenoxy) is 1. The Morgan fingerprint density at radius 3 is 3.00 bits per heavy atom. The Hall–Kier alpha value is -1.26. The second-order valence-electron chi connectivity index (χ2n) is 4.32. The summed E-state index contributed by atoms with van der Waals surface area (Å²) >= 11 is 3.56. The summed E-state index contributed by atoms with van der Waals surface area (Å²) in [5.41, 5.74) is 2.38. The zero-order valence-corrected chi connectivity index (χ0v) is 11.7. The van der Waals surface area contributed by atoms with Gasteiger partial charge in [0.05, 0.1) is 18.9 Å². The molecule has 4 heteroatoms. The van der Waals surface area contributed by atoms with Crippen LogP contribution in [0, 0.1) is 0 Å². The minimum absolute atomic E-state index is 0.0179. The van der Waals surface area contributed by atoms with Crippen LogP contribution in [0.3, 0.4) is 0 Å². The molecule has 18 heavy (non-hydrogen) atoms. The van der Waals surface area contributed by atoms with Gasteiger partial charge in [0.1, 0.15) is 11.5 Å². The third-order valence-electron chi connectivity index (χ3n) is 3.20. The molecule has 0 aliphatic carbocycles. The maximum atomic E-state index is 5.76. The van der Waals surface area contributed by atoms with Gasteiger partial charge in [0.2, 0.25) is 0 Å². The monoisotopic (exact) mass is 307 g/mol. The molecule has 0 saturated heterocycles. The van der Waals surface area contributed by atoms with Gasteiger partial charge in [-0.05, 0) is 36.9 Å². The molecule has 1 unspecified atom stereocenters. The smallest absolute Gasteiger partial charge is 0.127 e. The van der Waals surface area contributed by atoms with E-state index >= 15 is 0 Å². The molecule has 0 amide bonds. The molecule has 0 spiro atoms. The highest BCUT2D eigenvalue weighted by Gasteiger charge is 2.24. The molecule has 2 heterocycles. The number of nitrogens with one attached hydrogen (secondary N) is 1. The lowest BCUT2D eigenvalue weighted by Crippen LogP contribution is -2.17. The fraction of sp³-hybridized carbons (Fsp3) is 0.286. The Balaban J connectivity index is 2.10. The number of benzene rings is 1. The summed E-state index contributed by atoms with van der Waals surface area (Å²) in [6.07, 6.45) is 2.66. The van der Waals surface area contributed by atoms with E-state index in [0.29, 0.717) is 0 Å². The van der Waals surface area contributed by atoms with Crippen LogP contribution in [-0.4, -0.2) is 13.7 Å². The molecular weight excluding hydrogens is 294 g/mol. The van der Waals surface area contributed by atoms with Gasteiger partial charge in [-0.1, -0.05) is 15.9 Å². The summed E-state index contributed by atoms with van der Waals surface area (Å²) in [6, 6.07) is 8.11. The molecule has 1 aliphatic rings. The first-order valence-electron chi connectivity index (χ1n) is 5.95. The van der Waals surface area contributed by atoms with Gasteiger partial charge in [-0.25, -0.2) is 0 Å². The lowest BCUT2D eigenvalue weighted by Gasteiger charge is -2.17. The summed E-state index contributed by atoms with van der Waals surface area (Å²) in [6.45, 7) is 0.757. The Morgan fingerprint density at radius 2 is 2.28 bits per heavy atom. The van der Waals surface area contributed by atoms with Gasteiger partial charge in [0, 0.05) is 16.5 Å². The van der Waals surface area contributed by atoms with Crippen molar-refractivity contribution in [1.29, 1.82) is 0 Å². The molecular formula is C14H14BrNO2. The van der Waals surface area contributed by atoms with Crippen LogP contribution in [0.5, 0.6) is 5.75 Å². The summed E-state index contributed by atoms with van der Waals surface area (Å²) < 4.78 is 12.3. The highest BCUT2D eigenvalue weighted by atomic mass is 79.9. The largest absolute Gasteiger partial charge is 0.493 e. The van der Waals surface area contributed by atoms with Crippen LogP contribution >= 0.6 is 15.9 Å². The quantitative estimate of drug-likeness (QED) is 0.945. The van der Waals surface area contributed by atoms with Crippen molar-refractivity contribution in [3.63, 3.8) is 0 Å². The van der Waals surface area contributed by atoms with Gasteiger partial charge in [-0.2, -0.15) is 0 Å². The number of halogens is 1. The van der Waals surface area contributed by atoms with E-state index in [1.807, 2.05) is 19.2 Å². The Labute approximate surface area is 114 Å². The molecule has 2 aromatic rings. The summed E-state index contributed by atoms with van der Waals surface area (Å²) in [5, 5.41) is 3.28. The molecule has 0 fully saturated rings. The van der Waals surface area contributed by atoms with Gasteiger partial charge in [0.25, 0.3) is 0 Å². The Bertz CT molecular complexity index is 551. The molecule has 94 valence electrons. The third-order valence-corrected chi connectivity index (χ3v) is 3.66. The van der Waals surface area contributed by atoms with Gasteiger partial charge in [-0.3, -0.25) is 0 Å². The summed E-state index contributed by atoms with van der Waals surface area (Å²) in [7, 11) is 1.93. The first kappa shape index (κ1) is 11.8. The number of rotatable bonds is 3. The van der Waals surface area contributed by atoms with E-state index in [4.69, 9.17) is 9.15 Å². The first-order chi connectivity index (χ1) is 8.79. The minimum Gasteiger partial charge on any atom is -0.493 e. The average molecular weight is 308 g/mol. The van der Waals surface area contributed by atoms with Crippen molar-refractivity contribution in [1.82, 2.24) is 5.32 Å². The standard InChI is InChI=1S/C14H14BrNO2/c1-16-13(12-3-2-5-17-12)11-8-10(15)7-9-4-6-18-14(9)11/h2-3,5,7-8,13,16H,4,6H2,1H3. The highest BCUT2D eigenvalue weighted by Crippen LogP contribution is 2.38. The van der Waals surface area contributed by atoms with Crippen molar-refractivity contribution < 1.29 is 9.15 Å². The zero-order valence-electron chi connectivity index (χ0n) is 10.1. The SMILES string of the molecule is CNC(c1ccco1)c1cc(Br)cc2c1OCC2. The zero-order chi connectivity index (χ0) is 12.5. The van der Waals surface area contributed by atoms with E-state index in [0.717, 1.165) is 34.6 Å². The maximum absolute atomic E-state index is 5.76. The number of hydrogen-bond donors (Lipinski definition) is 1. The van der Waals surface area contributed by atoms with Crippen LogP contribution in [0.15, 0.2) is 39.4 Å². The fourth-order valence-electron chi connectivity index (χ4n) is 2.42. The van der Waals surface area contributed by atoms with Gasteiger partial charge >= 0.3 is 0 Å². The Morgan fingerprint density at radius 1 is 1.39 bits per heavy atom. The van der Waals surface area contributed by atoms with Gasteiger partial charge in [0.15, 0.2) is 0 Å². The van der Waals surface area contributed by atoms with E-state index < -0.39 is 0 Å². The highest BCUT2D eigenvalue weighted by molar-refractivity contribution is 9.10. The van der Waals surface area contributed by atoms with Crippen molar-refractivity contribution >= 4 is 15.9 Å².